The molecule has 1 amide bonds. The first-order valence-corrected chi connectivity index (χ1v) is 5.64. The molecule has 0 fully saturated rings. The van der Waals surface area contributed by atoms with E-state index in [1.807, 2.05) is 12.1 Å². The van der Waals surface area contributed by atoms with Gasteiger partial charge in [-0.1, -0.05) is 0 Å². The lowest BCUT2D eigenvalue weighted by atomic mass is 10.3. The van der Waals surface area contributed by atoms with Gasteiger partial charge in [0.25, 0.3) is 5.78 Å². The Morgan fingerprint density at radius 1 is 1.32 bits per heavy atom. The summed E-state index contributed by atoms with van der Waals surface area (Å²) < 4.78 is 1.55. The van der Waals surface area contributed by atoms with Crippen LogP contribution in [-0.2, 0) is 4.79 Å². The summed E-state index contributed by atoms with van der Waals surface area (Å²) in [5.41, 5.74) is 0.814. The highest BCUT2D eigenvalue weighted by Gasteiger charge is 2.08. The van der Waals surface area contributed by atoms with Crippen molar-refractivity contribution < 1.29 is 4.79 Å². The normalized spacial score (nSPS) is 10.6. The number of hydrogen-bond donors (Lipinski definition) is 1. The van der Waals surface area contributed by atoms with Gasteiger partial charge in [-0.25, -0.2) is 4.52 Å². The first kappa shape index (κ1) is 11.3. The van der Waals surface area contributed by atoms with Crippen molar-refractivity contribution >= 4 is 17.5 Å². The maximum Gasteiger partial charge on any atom is 0.254 e. The third kappa shape index (κ3) is 2.25. The SMILES string of the molecule is CC(=O)Nc1ccn2nc(-c3cccnc3)nc2n1. The third-order valence-corrected chi connectivity index (χ3v) is 2.43. The van der Waals surface area contributed by atoms with Gasteiger partial charge in [-0.05, 0) is 18.2 Å². The van der Waals surface area contributed by atoms with Crippen LogP contribution in [-0.4, -0.2) is 30.5 Å². The molecule has 0 atom stereocenters. The van der Waals surface area contributed by atoms with E-state index < -0.39 is 0 Å². The largest absolute Gasteiger partial charge is 0.311 e. The van der Waals surface area contributed by atoms with Crippen LogP contribution in [0.25, 0.3) is 17.2 Å². The zero-order valence-corrected chi connectivity index (χ0v) is 10.1. The number of nitrogens with one attached hydrogen (secondary N) is 1. The average Bonchev–Trinajstić information content (AvgIpc) is 2.82. The van der Waals surface area contributed by atoms with Gasteiger partial charge in [0.2, 0.25) is 5.91 Å². The Labute approximate surface area is 108 Å². The fourth-order valence-electron chi connectivity index (χ4n) is 1.64. The highest BCUT2D eigenvalue weighted by molar-refractivity contribution is 5.87. The number of nitrogens with zero attached hydrogens (tertiary/aromatic N) is 5. The molecule has 0 aromatic carbocycles. The number of hydrogen-bond acceptors (Lipinski definition) is 5. The standard InChI is InChI=1S/C12H10N6O/c1-8(19)14-10-4-6-18-12(15-10)16-11(17-18)9-3-2-5-13-7-9/h2-7H,1H3,(H,14,15,16,17,19). The fourth-order valence-corrected chi connectivity index (χ4v) is 1.64. The van der Waals surface area contributed by atoms with Crippen LogP contribution in [0.1, 0.15) is 6.92 Å². The molecular formula is C12H10N6O. The number of fused-ring (bicyclic) bond motifs is 1. The second-order valence-corrected chi connectivity index (χ2v) is 3.92. The summed E-state index contributed by atoms with van der Waals surface area (Å²) >= 11 is 0. The van der Waals surface area contributed by atoms with Crippen LogP contribution in [0.2, 0.25) is 0 Å². The lowest BCUT2D eigenvalue weighted by molar-refractivity contribution is -0.114. The highest BCUT2D eigenvalue weighted by Crippen LogP contribution is 2.14. The van der Waals surface area contributed by atoms with Crippen LogP contribution in [0.5, 0.6) is 0 Å². The zero-order valence-electron chi connectivity index (χ0n) is 10.1. The summed E-state index contributed by atoms with van der Waals surface area (Å²) in [6.07, 6.45) is 5.07. The fraction of sp³-hybridized carbons (Fsp3) is 0.0833. The van der Waals surface area contributed by atoms with Crippen molar-refractivity contribution in [2.45, 2.75) is 6.92 Å². The molecule has 7 heteroatoms. The number of anilines is 1. The predicted molar refractivity (Wildman–Crippen MR) is 68.3 cm³/mol. The number of rotatable bonds is 2. The minimum Gasteiger partial charge on any atom is -0.311 e. The van der Waals surface area contributed by atoms with E-state index in [0.717, 1.165) is 5.56 Å². The molecule has 3 aromatic rings. The lowest BCUT2D eigenvalue weighted by Gasteiger charge is -1.99. The minimum absolute atomic E-state index is 0.177. The predicted octanol–water partition coefficient (Wildman–Crippen LogP) is 1.14. The summed E-state index contributed by atoms with van der Waals surface area (Å²) in [4.78, 5) is 23.5. The molecule has 1 N–H and O–H groups in total. The number of carbonyl (C=O) groups is 1. The molecule has 0 radical (unpaired) electrons. The number of amides is 1. The average molecular weight is 254 g/mol. The Bertz CT molecular complexity index is 736. The second-order valence-electron chi connectivity index (χ2n) is 3.92. The first-order valence-electron chi connectivity index (χ1n) is 5.64. The van der Waals surface area contributed by atoms with Gasteiger partial charge in [-0.15, -0.1) is 5.10 Å². The van der Waals surface area contributed by atoms with Gasteiger partial charge in [0, 0.05) is 31.1 Å². The third-order valence-electron chi connectivity index (χ3n) is 2.43. The van der Waals surface area contributed by atoms with E-state index in [1.165, 1.54) is 6.92 Å². The van der Waals surface area contributed by atoms with Crippen molar-refractivity contribution in [2.75, 3.05) is 5.32 Å². The van der Waals surface area contributed by atoms with E-state index in [4.69, 9.17) is 0 Å². The molecule has 0 aliphatic rings. The molecule has 3 rings (SSSR count). The van der Waals surface area contributed by atoms with E-state index in [9.17, 15) is 4.79 Å². The van der Waals surface area contributed by atoms with Gasteiger partial charge >= 0.3 is 0 Å². The molecule has 0 unspecified atom stereocenters. The minimum atomic E-state index is -0.177. The molecule has 0 aliphatic heterocycles. The summed E-state index contributed by atoms with van der Waals surface area (Å²) in [6.45, 7) is 1.43. The maximum atomic E-state index is 11.0. The molecular weight excluding hydrogens is 244 g/mol. The van der Waals surface area contributed by atoms with Gasteiger partial charge < -0.3 is 5.32 Å². The molecule has 94 valence electrons. The van der Waals surface area contributed by atoms with Crippen LogP contribution in [0, 0.1) is 0 Å². The van der Waals surface area contributed by atoms with Gasteiger partial charge in [-0.3, -0.25) is 9.78 Å². The molecule has 0 spiro atoms. The molecule has 0 aliphatic carbocycles. The van der Waals surface area contributed by atoms with Crippen LogP contribution in [0.4, 0.5) is 5.82 Å². The Hall–Kier alpha value is -2.83. The Kier molecular flexibility index (Phi) is 2.64. The van der Waals surface area contributed by atoms with E-state index in [2.05, 4.69) is 25.4 Å². The molecule has 0 bridgehead atoms. The first-order chi connectivity index (χ1) is 9.22. The van der Waals surface area contributed by atoms with Crippen molar-refractivity contribution in [3.63, 3.8) is 0 Å². The molecule has 0 saturated carbocycles. The van der Waals surface area contributed by atoms with Crippen LogP contribution < -0.4 is 5.32 Å². The number of aromatic nitrogens is 5. The Morgan fingerprint density at radius 2 is 2.21 bits per heavy atom. The maximum absolute atomic E-state index is 11.0. The van der Waals surface area contributed by atoms with Crippen LogP contribution in [0.3, 0.4) is 0 Å². The molecule has 0 saturated heterocycles. The number of pyridine rings is 1. The van der Waals surface area contributed by atoms with Crippen LogP contribution in [0.15, 0.2) is 36.8 Å². The lowest BCUT2D eigenvalue weighted by Crippen LogP contribution is -2.08. The van der Waals surface area contributed by atoms with Crippen molar-refractivity contribution in [1.29, 1.82) is 0 Å². The van der Waals surface area contributed by atoms with Crippen molar-refractivity contribution in [2.24, 2.45) is 0 Å². The molecule has 7 nitrogen and oxygen atoms in total. The monoisotopic (exact) mass is 254 g/mol. The van der Waals surface area contributed by atoms with Gasteiger partial charge in [0.05, 0.1) is 0 Å². The van der Waals surface area contributed by atoms with E-state index in [0.29, 0.717) is 17.4 Å². The van der Waals surface area contributed by atoms with Crippen molar-refractivity contribution in [1.82, 2.24) is 24.6 Å². The smallest absolute Gasteiger partial charge is 0.254 e. The van der Waals surface area contributed by atoms with E-state index in [-0.39, 0.29) is 5.91 Å². The van der Waals surface area contributed by atoms with Gasteiger partial charge in [0.1, 0.15) is 5.82 Å². The number of carbonyl (C=O) groups excluding carboxylic acids is 1. The molecule has 3 heterocycles. The highest BCUT2D eigenvalue weighted by atomic mass is 16.1. The van der Waals surface area contributed by atoms with E-state index in [1.54, 1.807) is 29.2 Å². The van der Waals surface area contributed by atoms with Crippen molar-refractivity contribution in [3.8, 4) is 11.4 Å². The molecule has 3 aromatic heterocycles. The molecule has 19 heavy (non-hydrogen) atoms. The summed E-state index contributed by atoms with van der Waals surface area (Å²) in [5.74, 6) is 1.24. The van der Waals surface area contributed by atoms with Gasteiger partial charge in [-0.2, -0.15) is 9.97 Å². The Morgan fingerprint density at radius 3 is 2.95 bits per heavy atom. The summed E-state index contributed by atoms with van der Waals surface area (Å²) in [5, 5.41) is 6.90. The Balaban J connectivity index is 2.04. The quantitative estimate of drug-likeness (QED) is 0.741. The van der Waals surface area contributed by atoms with Gasteiger partial charge in [0.15, 0.2) is 5.82 Å². The van der Waals surface area contributed by atoms with Crippen molar-refractivity contribution in [3.05, 3.63) is 36.8 Å². The van der Waals surface area contributed by atoms with Crippen LogP contribution >= 0.6 is 0 Å². The topological polar surface area (TPSA) is 85.1 Å². The summed E-state index contributed by atoms with van der Waals surface area (Å²) in [7, 11) is 0. The second kappa shape index (κ2) is 4.45. The van der Waals surface area contributed by atoms with E-state index >= 15 is 0 Å². The summed E-state index contributed by atoms with van der Waals surface area (Å²) in [6, 6.07) is 5.35. The zero-order chi connectivity index (χ0) is 13.2.